The molecule has 0 saturated heterocycles. The highest BCUT2D eigenvalue weighted by atomic mass is 35.5. The number of amides is 2. The maximum atomic E-state index is 15.1. The first-order valence-electron chi connectivity index (χ1n) is 15.3. The fourth-order valence-electron chi connectivity index (χ4n) is 5.82. The number of hydrogen-bond acceptors (Lipinski definition) is 4. The summed E-state index contributed by atoms with van der Waals surface area (Å²) in [6.07, 6.45) is 3.82. The number of nitrogens with one attached hydrogen (secondary N) is 1. The zero-order valence-electron chi connectivity index (χ0n) is 25.6. The lowest BCUT2D eigenvalue weighted by molar-refractivity contribution is -0.140. The van der Waals surface area contributed by atoms with Crippen molar-refractivity contribution in [2.75, 3.05) is 10.8 Å². The van der Waals surface area contributed by atoms with Crippen LogP contribution in [-0.4, -0.2) is 43.8 Å². The van der Waals surface area contributed by atoms with Crippen LogP contribution in [0.4, 0.5) is 10.1 Å². The van der Waals surface area contributed by atoms with E-state index in [9.17, 15) is 18.0 Å². The van der Waals surface area contributed by atoms with Crippen molar-refractivity contribution < 1.29 is 22.4 Å². The molecule has 0 aromatic heterocycles. The number of carbonyl (C=O) groups excluding carboxylic acids is 2. The van der Waals surface area contributed by atoms with Crippen LogP contribution in [0.2, 0.25) is 5.02 Å². The van der Waals surface area contributed by atoms with Crippen LogP contribution in [0.3, 0.4) is 0 Å². The molecule has 1 atom stereocenters. The van der Waals surface area contributed by atoms with Crippen molar-refractivity contribution in [3.05, 3.63) is 131 Å². The molecule has 10 heteroatoms. The van der Waals surface area contributed by atoms with Gasteiger partial charge in [-0.25, -0.2) is 12.8 Å². The molecule has 4 aromatic carbocycles. The molecule has 1 fully saturated rings. The second-order valence-corrected chi connectivity index (χ2v) is 13.9. The molecule has 0 bridgehead atoms. The smallest absolute Gasteiger partial charge is 0.264 e. The lowest BCUT2D eigenvalue weighted by atomic mass is 10.0. The number of benzene rings is 4. The first kappa shape index (κ1) is 33.2. The molecule has 0 radical (unpaired) electrons. The first-order chi connectivity index (χ1) is 22.1. The number of sulfonamides is 1. The molecule has 1 saturated carbocycles. The summed E-state index contributed by atoms with van der Waals surface area (Å²) in [7, 11) is -4.27. The normalized spacial score (nSPS) is 14.1. The molecule has 5 rings (SSSR count). The van der Waals surface area contributed by atoms with Crippen LogP contribution in [0, 0.1) is 12.7 Å². The van der Waals surface area contributed by atoms with Gasteiger partial charge in [0.25, 0.3) is 10.0 Å². The molecule has 0 spiro atoms. The van der Waals surface area contributed by atoms with Gasteiger partial charge in [0.1, 0.15) is 18.4 Å². The van der Waals surface area contributed by atoms with E-state index in [-0.39, 0.29) is 41.1 Å². The first-order valence-corrected chi connectivity index (χ1v) is 17.2. The van der Waals surface area contributed by atoms with Gasteiger partial charge in [-0.05, 0) is 61.2 Å². The van der Waals surface area contributed by atoms with E-state index in [0.717, 1.165) is 35.6 Å². The largest absolute Gasteiger partial charge is 0.352 e. The van der Waals surface area contributed by atoms with Gasteiger partial charge in [0.2, 0.25) is 11.8 Å². The number of aryl methyl sites for hydroxylation is 1. The Morgan fingerprint density at radius 2 is 1.54 bits per heavy atom. The minimum Gasteiger partial charge on any atom is -0.352 e. The van der Waals surface area contributed by atoms with Gasteiger partial charge in [0, 0.05) is 29.6 Å². The predicted molar refractivity (Wildman–Crippen MR) is 178 cm³/mol. The lowest BCUT2D eigenvalue weighted by Crippen LogP contribution is -2.54. The van der Waals surface area contributed by atoms with E-state index in [1.165, 1.54) is 29.2 Å². The molecule has 4 aromatic rings. The van der Waals surface area contributed by atoms with Crippen molar-refractivity contribution in [3.63, 3.8) is 0 Å². The van der Waals surface area contributed by atoms with Crippen molar-refractivity contribution in [2.45, 2.75) is 62.6 Å². The van der Waals surface area contributed by atoms with E-state index in [1.54, 1.807) is 55.5 Å². The molecule has 1 N–H and O–H groups in total. The van der Waals surface area contributed by atoms with Gasteiger partial charge < -0.3 is 10.2 Å². The number of anilines is 1. The summed E-state index contributed by atoms with van der Waals surface area (Å²) in [5.74, 6) is -1.56. The van der Waals surface area contributed by atoms with E-state index in [2.05, 4.69) is 5.32 Å². The SMILES string of the molecule is Cc1ccc(Cl)cc1N(CC(=O)N(Cc1ccccc1F)C(Cc1ccccc1)C(=O)NC1CCCC1)S(=O)(=O)c1ccccc1. The van der Waals surface area contributed by atoms with Gasteiger partial charge in [-0.1, -0.05) is 97.2 Å². The van der Waals surface area contributed by atoms with E-state index in [1.807, 2.05) is 30.3 Å². The van der Waals surface area contributed by atoms with Crippen LogP contribution < -0.4 is 9.62 Å². The average molecular weight is 662 g/mol. The fraction of sp³-hybridized carbons (Fsp3) is 0.278. The zero-order valence-corrected chi connectivity index (χ0v) is 27.2. The maximum Gasteiger partial charge on any atom is 0.264 e. The summed E-state index contributed by atoms with van der Waals surface area (Å²) in [6.45, 7) is 0.845. The molecule has 0 heterocycles. The van der Waals surface area contributed by atoms with Crippen LogP contribution in [0.1, 0.15) is 42.4 Å². The van der Waals surface area contributed by atoms with E-state index in [0.29, 0.717) is 10.6 Å². The number of halogens is 2. The van der Waals surface area contributed by atoms with Crippen LogP contribution in [0.25, 0.3) is 0 Å². The minimum absolute atomic E-state index is 0.0114. The van der Waals surface area contributed by atoms with Crippen molar-refractivity contribution in [2.24, 2.45) is 0 Å². The van der Waals surface area contributed by atoms with Gasteiger partial charge in [-0.2, -0.15) is 0 Å². The molecule has 0 aliphatic heterocycles. The number of hydrogen-bond donors (Lipinski definition) is 1. The molecular formula is C36H37ClFN3O4S. The Labute approximate surface area is 275 Å². The predicted octanol–water partition coefficient (Wildman–Crippen LogP) is 6.68. The molecule has 1 unspecified atom stereocenters. The Morgan fingerprint density at radius 3 is 2.22 bits per heavy atom. The Bertz CT molecular complexity index is 1770. The van der Waals surface area contributed by atoms with Gasteiger partial charge >= 0.3 is 0 Å². The summed E-state index contributed by atoms with van der Waals surface area (Å²) < 4.78 is 44.5. The van der Waals surface area contributed by atoms with Gasteiger partial charge in [-0.15, -0.1) is 0 Å². The van der Waals surface area contributed by atoms with E-state index < -0.39 is 34.3 Å². The highest BCUT2D eigenvalue weighted by Crippen LogP contribution is 2.30. The summed E-state index contributed by atoms with van der Waals surface area (Å²) in [6, 6.07) is 26.9. The standard InChI is InChI=1S/C36H37ClFN3O4S/c1-26-20-21-29(37)23-33(26)41(46(44,45)31-17-6-3-7-18-31)25-35(42)40(24-28-14-8-11-19-32(28)38)34(22-27-12-4-2-5-13-27)36(43)39-30-15-9-10-16-30/h2-8,11-14,17-21,23,30,34H,9-10,15-16,22,24-25H2,1H3,(H,39,43). The molecule has 2 amide bonds. The molecule has 46 heavy (non-hydrogen) atoms. The maximum absolute atomic E-state index is 15.1. The quantitative estimate of drug-likeness (QED) is 0.184. The number of rotatable bonds is 12. The third-order valence-corrected chi connectivity index (χ3v) is 10.3. The van der Waals surface area contributed by atoms with Crippen molar-refractivity contribution in [1.29, 1.82) is 0 Å². The van der Waals surface area contributed by atoms with Gasteiger partial charge in [0.05, 0.1) is 10.6 Å². The number of nitrogens with zero attached hydrogens (tertiary/aromatic N) is 2. The van der Waals surface area contributed by atoms with Crippen molar-refractivity contribution in [3.8, 4) is 0 Å². The van der Waals surface area contributed by atoms with Crippen LogP contribution in [0.5, 0.6) is 0 Å². The van der Waals surface area contributed by atoms with Gasteiger partial charge in [0.15, 0.2) is 0 Å². The zero-order chi connectivity index (χ0) is 32.7. The third-order valence-electron chi connectivity index (χ3n) is 8.32. The highest BCUT2D eigenvalue weighted by molar-refractivity contribution is 7.92. The number of carbonyl (C=O) groups is 2. The average Bonchev–Trinajstić information content (AvgIpc) is 3.57. The minimum atomic E-state index is -4.27. The monoisotopic (exact) mass is 661 g/mol. The Hall–Kier alpha value is -4.21. The van der Waals surface area contributed by atoms with Crippen LogP contribution in [0.15, 0.2) is 108 Å². The lowest BCUT2D eigenvalue weighted by Gasteiger charge is -2.34. The van der Waals surface area contributed by atoms with E-state index >= 15 is 4.39 Å². The van der Waals surface area contributed by atoms with Crippen molar-refractivity contribution >= 4 is 39.1 Å². The highest BCUT2D eigenvalue weighted by Gasteiger charge is 2.36. The fourth-order valence-corrected chi connectivity index (χ4v) is 7.47. The van der Waals surface area contributed by atoms with Crippen LogP contribution >= 0.6 is 11.6 Å². The summed E-state index contributed by atoms with van der Waals surface area (Å²) in [5.41, 5.74) is 1.82. The summed E-state index contributed by atoms with van der Waals surface area (Å²) in [5, 5.41) is 3.41. The molecule has 1 aliphatic rings. The molecule has 7 nitrogen and oxygen atoms in total. The topological polar surface area (TPSA) is 86.8 Å². The Morgan fingerprint density at radius 1 is 0.913 bits per heavy atom. The second kappa shape index (κ2) is 14.9. The molecule has 240 valence electrons. The molecule has 1 aliphatic carbocycles. The third kappa shape index (κ3) is 7.95. The second-order valence-electron chi connectivity index (χ2n) is 11.6. The van der Waals surface area contributed by atoms with Crippen molar-refractivity contribution in [1.82, 2.24) is 10.2 Å². The van der Waals surface area contributed by atoms with Crippen LogP contribution in [-0.2, 0) is 32.6 Å². The molecular weight excluding hydrogens is 625 g/mol. The van der Waals surface area contributed by atoms with E-state index in [4.69, 9.17) is 11.6 Å². The van der Waals surface area contributed by atoms with Gasteiger partial charge in [-0.3, -0.25) is 13.9 Å². The Balaban J connectivity index is 1.59. The summed E-state index contributed by atoms with van der Waals surface area (Å²) in [4.78, 5) is 29.9. The Kier molecular flexibility index (Phi) is 10.8. The summed E-state index contributed by atoms with van der Waals surface area (Å²) >= 11 is 6.33.